The van der Waals surface area contributed by atoms with Gasteiger partial charge in [-0.3, -0.25) is 4.79 Å². The number of carboxylic acid groups (broad SMARTS) is 1. The molecule has 1 heterocycles. The summed E-state index contributed by atoms with van der Waals surface area (Å²) < 4.78 is 0. The summed E-state index contributed by atoms with van der Waals surface area (Å²) in [7, 11) is 3.53. The summed E-state index contributed by atoms with van der Waals surface area (Å²) in [5, 5.41) is 13.0. The van der Waals surface area contributed by atoms with Crippen molar-refractivity contribution in [2.24, 2.45) is 5.92 Å². The van der Waals surface area contributed by atoms with Crippen LogP contribution in [-0.4, -0.2) is 41.6 Å². The van der Waals surface area contributed by atoms with E-state index in [1.54, 1.807) is 37.7 Å². The SMILES string of the molecule is C[C@H](CCC[C@@H](SCCC(=O)N(C)C)c1cccc(/C=C/c2ccc3ccc(Cl)cc3n2)c1)C(=O)[O-].[Na+]. The molecule has 37 heavy (non-hydrogen) atoms. The van der Waals surface area contributed by atoms with Gasteiger partial charge < -0.3 is 14.8 Å². The molecule has 3 rings (SSSR count). The molecule has 0 fully saturated rings. The summed E-state index contributed by atoms with van der Waals surface area (Å²) in [5.41, 5.74) is 3.92. The molecule has 0 saturated heterocycles. The Morgan fingerprint density at radius 2 is 1.84 bits per heavy atom. The van der Waals surface area contributed by atoms with Gasteiger partial charge in [0.1, 0.15) is 0 Å². The molecule has 5 nitrogen and oxygen atoms in total. The van der Waals surface area contributed by atoms with E-state index in [9.17, 15) is 14.7 Å². The maximum Gasteiger partial charge on any atom is 1.00 e. The number of carboxylic acids is 1. The smallest absolute Gasteiger partial charge is 0.550 e. The summed E-state index contributed by atoms with van der Waals surface area (Å²) in [6, 6.07) is 18.0. The van der Waals surface area contributed by atoms with Crippen LogP contribution in [0.2, 0.25) is 5.02 Å². The molecule has 0 bridgehead atoms. The third kappa shape index (κ3) is 10.1. The maximum absolute atomic E-state index is 12.0. The molecule has 0 aliphatic carbocycles. The Labute approximate surface area is 251 Å². The minimum absolute atomic E-state index is 0. The van der Waals surface area contributed by atoms with E-state index in [2.05, 4.69) is 17.1 Å². The largest absolute Gasteiger partial charge is 1.00 e. The number of nitrogens with zero attached hydrogens (tertiary/aromatic N) is 2. The first-order chi connectivity index (χ1) is 17.2. The third-order valence-corrected chi connectivity index (χ3v) is 7.63. The number of rotatable bonds is 12. The number of carbonyl (C=O) groups excluding carboxylic acids is 2. The van der Waals surface area contributed by atoms with Crippen molar-refractivity contribution < 1.29 is 44.3 Å². The van der Waals surface area contributed by atoms with Gasteiger partial charge in [0, 0.05) is 47.9 Å². The van der Waals surface area contributed by atoms with Crippen LogP contribution in [0.25, 0.3) is 23.1 Å². The topological polar surface area (TPSA) is 73.3 Å². The molecule has 0 unspecified atom stereocenters. The normalized spacial score (nSPS) is 12.8. The van der Waals surface area contributed by atoms with Gasteiger partial charge in [-0.15, -0.1) is 0 Å². The van der Waals surface area contributed by atoms with E-state index in [0.29, 0.717) is 23.6 Å². The van der Waals surface area contributed by atoms with E-state index >= 15 is 0 Å². The zero-order valence-corrected chi connectivity index (χ0v) is 25.5. The van der Waals surface area contributed by atoms with E-state index in [4.69, 9.17) is 11.6 Å². The van der Waals surface area contributed by atoms with Gasteiger partial charge in [-0.2, -0.15) is 11.8 Å². The first kappa shape index (κ1) is 31.4. The van der Waals surface area contributed by atoms with Crippen LogP contribution >= 0.6 is 23.4 Å². The second-order valence-corrected chi connectivity index (χ2v) is 10.9. The van der Waals surface area contributed by atoms with Crippen LogP contribution in [0, 0.1) is 5.92 Å². The Hall–Kier alpha value is -1.83. The number of halogens is 1. The van der Waals surface area contributed by atoms with Crippen molar-refractivity contribution in [3.05, 3.63) is 76.4 Å². The van der Waals surface area contributed by atoms with E-state index in [0.717, 1.165) is 35.0 Å². The number of hydrogen-bond acceptors (Lipinski definition) is 5. The molecule has 190 valence electrons. The zero-order chi connectivity index (χ0) is 26.1. The van der Waals surface area contributed by atoms with Crippen LogP contribution < -0.4 is 34.7 Å². The maximum atomic E-state index is 12.0. The molecule has 2 aromatic carbocycles. The van der Waals surface area contributed by atoms with Gasteiger partial charge in [-0.1, -0.05) is 67.4 Å². The van der Waals surface area contributed by atoms with Gasteiger partial charge in [-0.25, -0.2) is 4.98 Å². The molecule has 1 amide bonds. The molecule has 2 atom stereocenters. The molecule has 8 heteroatoms. The molecular weight excluding hydrogens is 515 g/mol. The molecule has 3 aromatic rings. The summed E-state index contributed by atoms with van der Waals surface area (Å²) in [6.45, 7) is 1.69. The van der Waals surface area contributed by atoms with Crippen LogP contribution in [-0.2, 0) is 9.59 Å². The summed E-state index contributed by atoms with van der Waals surface area (Å²) >= 11 is 7.86. The van der Waals surface area contributed by atoms with E-state index in [-0.39, 0.29) is 40.7 Å². The molecule has 0 saturated carbocycles. The number of hydrogen-bond donors (Lipinski definition) is 0. The Balaban J connectivity index is 0.00000481. The zero-order valence-electron chi connectivity index (χ0n) is 21.9. The van der Waals surface area contributed by atoms with Crippen molar-refractivity contribution in [3.63, 3.8) is 0 Å². The summed E-state index contributed by atoms with van der Waals surface area (Å²) in [6.07, 6.45) is 6.68. The van der Waals surface area contributed by atoms with Crippen LogP contribution in [0.3, 0.4) is 0 Å². The first-order valence-corrected chi connectivity index (χ1v) is 13.5. The van der Waals surface area contributed by atoms with Gasteiger partial charge in [0.2, 0.25) is 5.91 Å². The predicted molar refractivity (Wildman–Crippen MR) is 149 cm³/mol. The molecule has 0 aliphatic rings. The monoisotopic (exact) mass is 546 g/mol. The van der Waals surface area contributed by atoms with Crippen LogP contribution in [0.15, 0.2) is 54.6 Å². The summed E-state index contributed by atoms with van der Waals surface area (Å²) in [5.74, 6) is -0.661. The number of aromatic nitrogens is 1. The number of fused-ring (bicyclic) bond motifs is 1. The van der Waals surface area contributed by atoms with E-state index in [1.807, 2.05) is 54.6 Å². The minimum Gasteiger partial charge on any atom is -0.550 e. The van der Waals surface area contributed by atoms with E-state index < -0.39 is 11.9 Å². The minimum atomic E-state index is -1.01. The van der Waals surface area contributed by atoms with Gasteiger partial charge in [0.25, 0.3) is 0 Å². The van der Waals surface area contributed by atoms with Gasteiger partial charge >= 0.3 is 29.6 Å². The number of aliphatic carboxylic acids is 1. The third-order valence-electron chi connectivity index (χ3n) is 6.04. The fourth-order valence-corrected chi connectivity index (χ4v) is 5.24. The van der Waals surface area contributed by atoms with Crippen LogP contribution in [0.5, 0.6) is 0 Å². The Kier molecular flexibility index (Phi) is 13.2. The first-order valence-electron chi connectivity index (χ1n) is 12.1. The second-order valence-electron chi connectivity index (χ2n) is 9.13. The quantitative estimate of drug-likeness (QED) is 0.327. The molecule has 1 aromatic heterocycles. The molecule has 0 spiro atoms. The van der Waals surface area contributed by atoms with Crippen molar-refractivity contribution in [2.45, 2.75) is 37.9 Å². The van der Waals surface area contributed by atoms with Gasteiger partial charge in [-0.05, 0) is 54.2 Å². The Morgan fingerprint density at radius 1 is 1.08 bits per heavy atom. The van der Waals surface area contributed by atoms with Gasteiger partial charge in [0.05, 0.1) is 11.2 Å². The molecule has 0 N–H and O–H groups in total. The van der Waals surface area contributed by atoms with Gasteiger partial charge in [0.15, 0.2) is 0 Å². The fourth-order valence-electron chi connectivity index (χ4n) is 3.83. The average Bonchev–Trinajstić information content (AvgIpc) is 2.86. The van der Waals surface area contributed by atoms with Crippen LogP contribution in [0.4, 0.5) is 0 Å². The molecule has 0 aliphatic heterocycles. The predicted octanol–water partition coefficient (Wildman–Crippen LogP) is 2.87. The van der Waals surface area contributed by atoms with Crippen molar-refractivity contribution >= 4 is 58.3 Å². The standard InChI is InChI=1S/C29H33ClN2O3S.Na/c1-20(29(34)35)6-4-9-27(36-17-16-28(33)32(2)3)23-8-5-7-21(18-23)10-14-25-15-12-22-11-13-24(30)19-26(22)31-25;/h5,7-8,10-15,18-20,27H,4,6,9,16-17H2,1-3H3,(H,34,35);/q;+1/p-1/b14-10+;/t20-,27-;/m1./s1. The number of carbonyl (C=O) groups is 2. The van der Waals surface area contributed by atoms with Crippen LogP contribution in [0.1, 0.15) is 54.7 Å². The van der Waals surface area contributed by atoms with Crippen molar-refractivity contribution in [1.29, 1.82) is 0 Å². The summed E-state index contributed by atoms with van der Waals surface area (Å²) in [4.78, 5) is 29.4. The molecular formula is C29H32ClN2NaO3S. The number of thioether (sulfide) groups is 1. The molecule has 0 radical (unpaired) electrons. The van der Waals surface area contributed by atoms with Crippen molar-refractivity contribution in [3.8, 4) is 0 Å². The Bertz CT molecular complexity index is 1230. The van der Waals surface area contributed by atoms with E-state index in [1.165, 1.54) is 5.56 Å². The Morgan fingerprint density at radius 3 is 2.57 bits per heavy atom. The number of amides is 1. The average molecular weight is 547 g/mol. The number of pyridine rings is 1. The number of benzene rings is 2. The van der Waals surface area contributed by atoms with Crippen molar-refractivity contribution in [1.82, 2.24) is 9.88 Å². The fraction of sp³-hybridized carbons (Fsp3) is 0.345. The second kappa shape index (κ2) is 15.6. The van der Waals surface area contributed by atoms with Crippen molar-refractivity contribution in [2.75, 3.05) is 19.8 Å².